The van der Waals surface area contributed by atoms with Gasteiger partial charge in [-0.3, -0.25) is 0 Å². The van der Waals surface area contributed by atoms with Crippen molar-refractivity contribution in [2.24, 2.45) is 0 Å². The highest BCUT2D eigenvalue weighted by atomic mass is 19.3. The fourth-order valence-corrected chi connectivity index (χ4v) is 2.51. The molecule has 118 valence electrons. The summed E-state index contributed by atoms with van der Waals surface area (Å²) in [5.41, 5.74) is 0.577. The summed E-state index contributed by atoms with van der Waals surface area (Å²) in [6.07, 6.45) is 1.38. The summed E-state index contributed by atoms with van der Waals surface area (Å²) >= 11 is 0. The molecule has 0 amide bonds. The van der Waals surface area contributed by atoms with E-state index in [1.807, 2.05) is 0 Å². The molecule has 0 aliphatic carbocycles. The molecule has 0 aromatic heterocycles. The molecule has 2 rings (SSSR count). The number of hydrogen-bond acceptors (Lipinski definition) is 4. The lowest BCUT2D eigenvalue weighted by Crippen LogP contribution is -2.42. The summed E-state index contributed by atoms with van der Waals surface area (Å²) in [5.74, 6) is 0.0702. The van der Waals surface area contributed by atoms with Crippen molar-refractivity contribution in [2.75, 3.05) is 26.7 Å². The molecule has 1 aromatic carbocycles. The van der Waals surface area contributed by atoms with E-state index in [1.165, 1.54) is 12.1 Å². The molecule has 0 radical (unpaired) electrons. The van der Waals surface area contributed by atoms with Crippen molar-refractivity contribution in [3.05, 3.63) is 29.8 Å². The zero-order chi connectivity index (χ0) is 15.2. The molecule has 6 heteroatoms. The highest BCUT2D eigenvalue weighted by Gasteiger charge is 2.18. The molecular formula is C15H22F2N2O2. The van der Waals surface area contributed by atoms with Crippen LogP contribution < -0.4 is 10.1 Å². The van der Waals surface area contributed by atoms with Gasteiger partial charge in [-0.05, 0) is 50.7 Å². The van der Waals surface area contributed by atoms with Gasteiger partial charge in [-0.25, -0.2) is 0 Å². The number of nitrogens with one attached hydrogen (secondary N) is 1. The van der Waals surface area contributed by atoms with Crippen molar-refractivity contribution >= 4 is 0 Å². The second-order valence-corrected chi connectivity index (χ2v) is 5.45. The minimum Gasteiger partial charge on any atom is -0.435 e. The smallest absolute Gasteiger partial charge is 0.387 e. The first kappa shape index (κ1) is 16.1. The summed E-state index contributed by atoms with van der Waals surface area (Å²) in [7, 11) is 2.10. The Bertz CT molecular complexity index is 437. The highest BCUT2D eigenvalue weighted by Crippen LogP contribution is 2.21. The summed E-state index contributed by atoms with van der Waals surface area (Å²) in [6, 6.07) is 6.61. The van der Waals surface area contributed by atoms with Crippen LogP contribution in [-0.2, 0) is 0 Å². The molecule has 1 aliphatic rings. The number of nitrogens with zero attached hydrogens (tertiary/aromatic N) is 1. The van der Waals surface area contributed by atoms with E-state index >= 15 is 0 Å². The van der Waals surface area contributed by atoms with E-state index in [0.717, 1.165) is 25.9 Å². The lowest BCUT2D eigenvalue weighted by Gasteiger charge is -2.30. The van der Waals surface area contributed by atoms with Gasteiger partial charge in [0, 0.05) is 12.6 Å². The van der Waals surface area contributed by atoms with Crippen LogP contribution in [0, 0.1) is 0 Å². The number of ether oxygens (including phenoxy) is 1. The predicted octanol–water partition coefficient (Wildman–Crippen LogP) is 2.01. The lowest BCUT2D eigenvalue weighted by atomic mass is 10.0. The molecule has 0 saturated carbocycles. The van der Waals surface area contributed by atoms with Gasteiger partial charge in [0.25, 0.3) is 0 Å². The molecular weight excluding hydrogens is 278 g/mol. The first-order chi connectivity index (χ1) is 10.0. The zero-order valence-electron chi connectivity index (χ0n) is 12.1. The highest BCUT2D eigenvalue weighted by molar-refractivity contribution is 5.30. The van der Waals surface area contributed by atoms with E-state index < -0.39 is 12.7 Å². The van der Waals surface area contributed by atoms with Crippen LogP contribution in [0.2, 0.25) is 0 Å². The average molecular weight is 300 g/mol. The zero-order valence-corrected chi connectivity index (χ0v) is 12.1. The monoisotopic (exact) mass is 300 g/mol. The normalized spacial score (nSPS) is 18.9. The Morgan fingerprint density at radius 1 is 1.38 bits per heavy atom. The third-order valence-corrected chi connectivity index (χ3v) is 3.79. The van der Waals surface area contributed by atoms with Gasteiger partial charge >= 0.3 is 6.61 Å². The van der Waals surface area contributed by atoms with E-state index in [-0.39, 0.29) is 5.75 Å². The summed E-state index contributed by atoms with van der Waals surface area (Å²) in [5, 5.41) is 13.5. The second-order valence-electron chi connectivity index (χ2n) is 5.45. The van der Waals surface area contributed by atoms with Crippen LogP contribution in [0.3, 0.4) is 0 Å². The Labute approximate surface area is 123 Å². The van der Waals surface area contributed by atoms with Gasteiger partial charge in [0.1, 0.15) is 5.75 Å². The van der Waals surface area contributed by atoms with Gasteiger partial charge in [0.05, 0.1) is 6.10 Å². The molecule has 0 unspecified atom stereocenters. The summed E-state index contributed by atoms with van der Waals surface area (Å²) < 4.78 is 28.7. The maximum absolute atomic E-state index is 12.2. The number of aliphatic hydroxyl groups is 1. The minimum absolute atomic E-state index is 0.0702. The van der Waals surface area contributed by atoms with Crippen LogP contribution in [0.25, 0.3) is 0 Å². The lowest BCUT2D eigenvalue weighted by molar-refractivity contribution is -0.0499. The van der Waals surface area contributed by atoms with Crippen LogP contribution in [0.15, 0.2) is 24.3 Å². The van der Waals surface area contributed by atoms with Crippen molar-refractivity contribution in [1.82, 2.24) is 10.2 Å². The third kappa shape index (κ3) is 5.22. The van der Waals surface area contributed by atoms with Gasteiger partial charge < -0.3 is 20.1 Å². The Balaban J connectivity index is 1.83. The Kier molecular flexibility index (Phi) is 5.90. The number of piperidine rings is 1. The van der Waals surface area contributed by atoms with Crippen molar-refractivity contribution in [3.8, 4) is 5.75 Å². The second kappa shape index (κ2) is 7.68. The molecule has 0 spiro atoms. The van der Waals surface area contributed by atoms with E-state index in [9.17, 15) is 13.9 Å². The Hall–Kier alpha value is -1.24. The van der Waals surface area contributed by atoms with Crippen LogP contribution in [0.1, 0.15) is 24.5 Å². The number of hydrogen-bond donors (Lipinski definition) is 2. The van der Waals surface area contributed by atoms with Gasteiger partial charge in [0.15, 0.2) is 0 Å². The molecule has 2 N–H and O–H groups in total. The number of benzene rings is 1. The van der Waals surface area contributed by atoms with Crippen LogP contribution in [-0.4, -0.2) is 49.3 Å². The Morgan fingerprint density at radius 2 is 2.10 bits per heavy atom. The molecule has 1 atom stereocenters. The van der Waals surface area contributed by atoms with E-state index in [1.54, 1.807) is 12.1 Å². The van der Waals surface area contributed by atoms with Crippen LogP contribution in [0.4, 0.5) is 8.78 Å². The van der Waals surface area contributed by atoms with Gasteiger partial charge in [-0.2, -0.15) is 8.78 Å². The van der Waals surface area contributed by atoms with Crippen molar-refractivity contribution in [3.63, 3.8) is 0 Å². The Morgan fingerprint density at radius 3 is 2.76 bits per heavy atom. The molecule has 1 aliphatic heterocycles. The van der Waals surface area contributed by atoms with Crippen molar-refractivity contribution in [2.45, 2.75) is 31.6 Å². The topological polar surface area (TPSA) is 44.7 Å². The third-order valence-electron chi connectivity index (χ3n) is 3.79. The summed E-state index contributed by atoms with van der Waals surface area (Å²) in [6.45, 7) is -0.349. The van der Waals surface area contributed by atoms with Gasteiger partial charge in [-0.1, -0.05) is 12.1 Å². The molecule has 0 bridgehead atoms. The first-order valence-electron chi connectivity index (χ1n) is 7.19. The number of likely N-dealkylation sites (tertiary alicyclic amines) is 1. The minimum atomic E-state index is -2.85. The maximum atomic E-state index is 12.2. The van der Waals surface area contributed by atoms with Crippen molar-refractivity contribution in [1.29, 1.82) is 0 Å². The number of aliphatic hydroxyl groups excluding tert-OH is 1. The van der Waals surface area contributed by atoms with E-state index in [2.05, 4.69) is 22.0 Å². The average Bonchev–Trinajstić information content (AvgIpc) is 2.46. The molecule has 1 heterocycles. The number of rotatable bonds is 6. The standard InChI is InChI=1S/C15H22F2N2O2/c1-19-7-5-12(6-8-19)18-10-14(20)11-3-2-4-13(9-11)21-15(16)17/h2-4,9,12,14-15,18,20H,5-8,10H2,1H3/t14-/m1/s1. The number of halogens is 2. The van der Waals surface area contributed by atoms with E-state index in [4.69, 9.17) is 0 Å². The van der Waals surface area contributed by atoms with Crippen LogP contribution in [0.5, 0.6) is 5.75 Å². The molecule has 21 heavy (non-hydrogen) atoms. The fourth-order valence-electron chi connectivity index (χ4n) is 2.51. The van der Waals surface area contributed by atoms with Gasteiger partial charge in [-0.15, -0.1) is 0 Å². The van der Waals surface area contributed by atoms with Crippen molar-refractivity contribution < 1.29 is 18.6 Å². The maximum Gasteiger partial charge on any atom is 0.387 e. The van der Waals surface area contributed by atoms with Gasteiger partial charge in [0.2, 0.25) is 0 Å². The predicted molar refractivity (Wildman–Crippen MR) is 76.6 cm³/mol. The van der Waals surface area contributed by atoms with Crippen LogP contribution >= 0.6 is 0 Å². The van der Waals surface area contributed by atoms with E-state index in [0.29, 0.717) is 18.2 Å². The number of alkyl halides is 2. The molecule has 1 aromatic rings. The SMILES string of the molecule is CN1CCC(NC[C@@H](O)c2cccc(OC(F)F)c2)CC1. The molecule has 1 saturated heterocycles. The molecule has 1 fully saturated rings. The molecule has 4 nitrogen and oxygen atoms in total. The quantitative estimate of drug-likeness (QED) is 0.843. The largest absolute Gasteiger partial charge is 0.435 e. The fraction of sp³-hybridized carbons (Fsp3) is 0.600. The first-order valence-corrected chi connectivity index (χ1v) is 7.19. The summed E-state index contributed by atoms with van der Waals surface area (Å²) in [4.78, 5) is 2.28.